The van der Waals surface area contributed by atoms with E-state index >= 15 is 0 Å². The minimum absolute atomic E-state index is 0.283. The van der Waals surface area contributed by atoms with Gasteiger partial charge in [-0.2, -0.15) is 5.10 Å². The highest BCUT2D eigenvalue weighted by Crippen LogP contribution is 2.24. The van der Waals surface area contributed by atoms with Crippen LogP contribution >= 0.6 is 23.2 Å². The van der Waals surface area contributed by atoms with Gasteiger partial charge in [-0.15, -0.1) is 0 Å². The van der Waals surface area contributed by atoms with Gasteiger partial charge in [0.25, 0.3) is 0 Å². The number of furan rings is 1. The summed E-state index contributed by atoms with van der Waals surface area (Å²) in [5.74, 6) is 0.937. The summed E-state index contributed by atoms with van der Waals surface area (Å²) in [5.41, 5.74) is 4.46. The SMILES string of the molecule is Fc1ccc(-c2ccc(/C=N\NCc3c(Cl)cccc3Cl)o2)cc1. The van der Waals surface area contributed by atoms with Gasteiger partial charge in [0.05, 0.1) is 12.8 Å². The van der Waals surface area contributed by atoms with Crippen LogP contribution in [-0.2, 0) is 6.54 Å². The van der Waals surface area contributed by atoms with Crippen LogP contribution in [0.4, 0.5) is 4.39 Å². The number of hydrogen-bond donors (Lipinski definition) is 1. The molecule has 6 heteroatoms. The van der Waals surface area contributed by atoms with Crippen LogP contribution in [0.2, 0.25) is 10.0 Å². The van der Waals surface area contributed by atoms with Crippen molar-refractivity contribution >= 4 is 29.4 Å². The first-order valence-electron chi connectivity index (χ1n) is 7.18. The lowest BCUT2D eigenvalue weighted by molar-refractivity contribution is 0.573. The summed E-state index contributed by atoms with van der Waals surface area (Å²) in [6, 6.07) is 15.0. The molecule has 122 valence electrons. The summed E-state index contributed by atoms with van der Waals surface area (Å²) >= 11 is 12.2. The van der Waals surface area contributed by atoms with Crippen LogP contribution in [0.15, 0.2) is 64.1 Å². The maximum Gasteiger partial charge on any atom is 0.147 e. The molecule has 1 aromatic heterocycles. The molecule has 0 fully saturated rings. The van der Waals surface area contributed by atoms with E-state index < -0.39 is 0 Å². The molecule has 3 nitrogen and oxygen atoms in total. The molecule has 0 spiro atoms. The summed E-state index contributed by atoms with van der Waals surface area (Å²) in [4.78, 5) is 0. The fourth-order valence-electron chi connectivity index (χ4n) is 2.13. The van der Waals surface area contributed by atoms with Gasteiger partial charge in [0.2, 0.25) is 0 Å². The maximum atomic E-state index is 12.9. The van der Waals surface area contributed by atoms with Gasteiger partial charge in [-0.3, -0.25) is 0 Å². The van der Waals surface area contributed by atoms with Crippen molar-refractivity contribution < 1.29 is 8.81 Å². The van der Waals surface area contributed by atoms with Gasteiger partial charge in [0.15, 0.2) is 0 Å². The van der Waals surface area contributed by atoms with Crippen LogP contribution in [0.3, 0.4) is 0 Å². The molecule has 0 saturated heterocycles. The summed E-state index contributed by atoms with van der Waals surface area (Å²) in [6.07, 6.45) is 1.55. The smallest absolute Gasteiger partial charge is 0.147 e. The van der Waals surface area contributed by atoms with E-state index in [2.05, 4.69) is 10.5 Å². The van der Waals surface area contributed by atoms with Crippen molar-refractivity contribution in [3.63, 3.8) is 0 Å². The summed E-state index contributed by atoms with van der Waals surface area (Å²) in [7, 11) is 0. The molecule has 0 aliphatic rings. The molecule has 0 atom stereocenters. The van der Waals surface area contributed by atoms with Crippen LogP contribution in [-0.4, -0.2) is 6.21 Å². The van der Waals surface area contributed by atoms with Crippen molar-refractivity contribution in [1.29, 1.82) is 0 Å². The van der Waals surface area contributed by atoms with E-state index in [9.17, 15) is 4.39 Å². The maximum absolute atomic E-state index is 12.9. The monoisotopic (exact) mass is 362 g/mol. The van der Waals surface area contributed by atoms with E-state index in [1.807, 2.05) is 0 Å². The average Bonchev–Trinajstić information content (AvgIpc) is 3.03. The van der Waals surface area contributed by atoms with Crippen molar-refractivity contribution in [3.05, 3.63) is 81.8 Å². The molecule has 0 bridgehead atoms. The predicted octanol–water partition coefficient (Wildman–Crippen LogP) is 5.52. The van der Waals surface area contributed by atoms with Crippen LogP contribution < -0.4 is 5.43 Å². The number of rotatable bonds is 5. The van der Waals surface area contributed by atoms with Gasteiger partial charge in [-0.25, -0.2) is 4.39 Å². The fourth-order valence-corrected chi connectivity index (χ4v) is 2.66. The molecule has 0 aliphatic heterocycles. The number of nitrogens with one attached hydrogen (secondary N) is 1. The number of hydrazone groups is 1. The molecule has 3 rings (SSSR count). The Bertz CT molecular complexity index is 839. The third-order valence-corrected chi connectivity index (χ3v) is 4.06. The zero-order valence-electron chi connectivity index (χ0n) is 12.5. The van der Waals surface area contributed by atoms with E-state index in [-0.39, 0.29) is 5.82 Å². The van der Waals surface area contributed by atoms with Gasteiger partial charge < -0.3 is 9.84 Å². The molecule has 2 aromatic carbocycles. The second-order valence-electron chi connectivity index (χ2n) is 5.00. The lowest BCUT2D eigenvalue weighted by atomic mass is 10.2. The average molecular weight is 363 g/mol. The van der Waals surface area contributed by atoms with E-state index in [0.29, 0.717) is 28.1 Å². The van der Waals surface area contributed by atoms with Gasteiger partial charge in [0, 0.05) is 21.2 Å². The van der Waals surface area contributed by atoms with E-state index in [4.69, 9.17) is 27.6 Å². The first kappa shape index (κ1) is 16.6. The lowest BCUT2D eigenvalue weighted by Crippen LogP contribution is -2.06. The summed E-state index contributed by atoms with van der Waals surface area (Å²) < 4.78 is 18.6. The molecule has 24 heavy (non-hydrogen) atoms. The van der Waals surface area contributed by atoms with Crippen molar-refractivity contribution in [3.8, 4) is 11.3 Å². The Hall–Kier alpha value is -2.30. The minimum Gasteiger partial charge on any atom is -0.455 e. The predicted molar refractivity (Wildman–Crippen MR) is 95.0 cm³/mol. The largest absolute Gasteiger partial charge is 0.455 e. The highest BCUT2D eigenvalue weighted by Gasteiger charge is 2.05. The second kappa shape index (κ2) is 7.51. The molecule has 0 radical (unpaired) electrons. The molecule has 0 amide bonds. The lowest BCUT2D eigenvalue weighted by Gasteiger charge is -2.05. The van der Waals surface area contributed by atoms with Crippen LogP contribution in [0.25, 0.3) is 11.3 Å². The highest BCUT2D eigenvalue weighted by molar-refractivity contribution is 6.35. The quantitative estimate of drug-likeness (QED) is 0.479. The molecule has 1 N–H and O–H groups in total. The Kier molecular flexibility index (Phi) is 5.18. The third kappa shape index (κ3) is 3.96. The van der Waals surface area contributed by atoms with Crippen molar-refractivity contribution in [1.82, 2.24) is 5.43 Å². The van der Waals surface area contributed by atoms with Crippen molar-refractivity contribution in [2.24, 2.45) is 5.10 Å². The van der Waals surface area contributed by atoms with E-state index in [1.165, 1.54) is 12.1 Å². The second-order valence-corrected chi connectivity index (χ2v) is 5.82. The van der Waals surface area contributed by atoms with Crippen LogP contribution in [0, 0.1) is 5.82 Å². The van der Waals surface area contributed by atoms with Crippen LogP contribution in [0.1, 0.15) is 11.3 Å². The highest BCUT2D eigenvalue weighted by atomic mass is 35.5. The Morgan fingerprint density at radius 1 is 1.00 bits per heavy atom. The Morgan fingerprint density at radius 2 is 1.71 bits per heavy atom. The third-order valence-electron chi connectivity index (χ3n) is 3.36. The van der Waals surface area contributed by atoms with Gasteiger partial charge in [0.1, 0.15) is 17.3 Å². The fraction of sp³-hybridized carbons (Fsp3) is 0.0556. The number of benzene rings is 2. The Balaban J connectivity index is 1.62. The number of hydrogen-bond acceptors (Lipinski definition) is 3. The number of halogens is 3. The number of nitrogens with zero attached hydrogens (tertiary/aromatic N) is 1. The molecule has 0 aliphatic carbocycles. The molecule has 1 heterocycles. The zero-order valence-corrected chi connectivity index (χ0v) is 14.0. The Labute approximate surface area is 148 Å². The first-order chi connectivity index (χ1) is 11.6. The van der Waals surface area contributed by atoms with Crippen molar-refractivity contribution in [2.45, 2.75) is 6.54 Å². The van der Waals surface area contributed by atoms with Crippen LogP contribution in [0.5, 0.6) is 0 Å². The zero-order chi connectivity index (χ0) is 16.9. The van der Waals surface area contributed by atoms with E-state index in [1.54, 1.807) is 48.7 Å². The summed E-state index contributed by atoms with van der Waals surface area (Å²) in [5, 5.41) is 5.26. The summed E-state index contributed by atoms with van der Waals surface area (Å²) in [6.45, 7) is 0.403. The van der Waals surface area contributed by atoms with Gasteiger partial charge >= 0.3 is 0 Å². The normalized spacial score (nSPS) is 11.1. The first-order valence-corrected chi connectivity index (χ1v) is 7.93. The standard InChI is InChI=1S/C18H13Cl2FN2O/c19-16-2-1-3-17(20)15(16)11-23-22-10-14-8-9-18(24-14)12-4-6-13(21)7-5-12/h1-10,23H,11H2/b22-10-. The van der Waals surface area contributed by atoms with Gasteiger partial charge in [-0.05, 0) is 48.5 Å². The molecule has 0 saturated carbocycles. The van der Waals surface area contributed by atoms with Gasteiger partial charge in [-0.1, -0.05) is 29.3 Å². The minimum atomic E-state index is -0.283. The topological polar surface area (TPSA) is 37.5 Å². The molecule has 0 unspecified atom stereocenters. The molecule has 3 aromatic rings. The molecular weight excluding hydrogens is 350 g/mol. The Morgan fingerprint density at radius 3 is 2.42 bits per heavy atom. The van der Waals surface area contributed by atoms with E-state index in [0.717, 1.165) is 11.1 Å². The van der Waals surface area contributed by atoms with Crippen molar-refractivity contribution in [2.75, 3.05) is 0 Å². The molecular formula is C18H13Cl2FN2O.